The molecule has 32 heavy (non-hydrogen) atoms. The van der Waals surface area contributed by atoms with Crippen LogP contribution in [0.5, 0.6) is 0 Å². The maximum atomic E-state index is 11.9. The number of rotatable bonds is 10. The number of carbonyl (C=O) groups is 2. The Balaban J connectivity index is 1.49. The van der Waals surface area contributed by atoms with E-state index in [0.717, 1.165) is 78.2 Å². The van der Waals surface area contributed by atoms with Gasteiger partial charge in [0.05, 0.1) is 13.7 Å². The number of nitrogens with zero attached hydrogens (tertiary/aromatic N) is 5. The smallest absolute Gasteiger partial charge is 0.411 e. The lowest BCUT2D eigenvalue weighted by atomic mass is 10.0. The topological polar surface area (TPSA) is 68.8 Å². The van der Waals surface area contributed by atoms with Gasteiger partial charge in [-0.1, -0.05) is 0 Å². The highest BCUT2D eigenvalue weighted by Crippen LogP contribution is 2.23. The molecule has 2 unspecified atom stereocenters. The maximum Gasteiger partial charge on any atom is 0.411 e. The zero-order chi connectivity index (χ0) is 23.1. The predicted octanol–water partition coefficient (Wildman–Crippen LogP) is 1.14. The summed E-state index contributed by atoms with van der Waals surface area (Å²) in [4.78, 5) is 35.0. The van der Waals surface area contributed by atoms with E-state index >= 15 is 0 Å². The second-order valence-corrected chi connectivity index (χ2v) is 9.70. The Morgan fingerprint density at radius 3 is 2.34 bits per heavy atom. The highest BCUT2D eigenvalue weighted by Gasteiger charge is 2.39. The summed E-state index contributed by atoms with van der Waals surface area (Å²) in [5.41, 5.74) is 0. The molecule has 3 saturated heterocycles. The van der Waals surface area contributed by atoms with Crippen molar-refractivity contribution in [2.24, 2.45) is 0 Å². The van der Waals surface area contributed by atoms with Crippen LogP contribution in [0, 0.1) is 0 Å². The van der Waals surface area contributed by atoms with E-state index in [1.165, 1.54) is 7.11 Å². The first kappa shape index (κ1) is 25.2. The average molecular weight is 454 g/mol. The van der Waals surface area contributed by atoms with Crippen LogP contribution in [-0.4, -0.2) is 134 Å². The van der Waals surface area contributed by atoms with Crippen LogP contribution in [0.2, 0.25) is 0 Å². The lowest BCUT2D eigenvalue weighted by Gasteiger charge is -2.43. The molecule has 184 valence electrons. The molecule has 0 radical (unpaired) electrons. The first-order valence-corrected chi connectivity index (χ1v) is 12.3. The van der Waals surface area contributed by atoms with Crippen LogP contribution in [0.15, 0.2) is 0 Å². The van der Waals surface area contributed by atoms with Gasteiger partial charge in [0.2, 0.25) is 0 Å². The van der Waals surface area contributed by atoms with Crippen molar-refractivity contribution in [3.8, 4) is 0 Å². The molecule has 0 N–H and O–H groups in total. The number of esters is 1. The molecule has 0 spiro atoms. The molecule has 0 saturated carbocycles. The molecule has 0 bridgehead atoms. The fourth-order valence-electron chi connectivity index (χ4n) is 5.10. The van der Waals surface area contributed by atoms with Crippen molar-refractivity contribution < 1.29 is 19.1 Å². The highest BCUT2D eigenvalue weighted by molar-refractivity contribution is 5.69. The number of piperazine rings is 2. The van der Waals surface area contributed by atoms with E-state index in [9.17, 15) is 9.59 Å². The first-order valence-electron chi connectivity index (χ1n) is 12.3. The molecule has 0 aliphatic carbocycles. The fraction of sp³-hybridized carbons (Fsp3) is 0.913. The molecule has 3 aliphatic heterocycles. The van der Waals surface area contributed by atoms with Crippen molar-refractivity contribution in [1.29, 1.82) is 0 Å². The van der Waals surface area contributed by atoms with Gasteiger partial charge in [0.1, 0.15) is 0 Å². The van der Waals surface area contributed by atoms with Crippen LogP contribution in [0.25, 0.3) is 0 Å². The molecule has 3 aliphatic rings. The SMILES string of the molecule is COC(=O)CCCN1CCN(C2CN(C)C(=O)O2)C(CCCN2CCN(C(C)C)CC2)C1. The van der Waals surface area contributed by atoms with E-state index < -0.39 is 0 Å². The molecule has 2 atom stereocenters. The number of hydrogen-bond acceptors (Lipinski definition) is 8. The zero-order valence-corrected chi connectivity index (χ0v) is 20.5. The van der Waals surface area contributed by atoms with Gasteiger partial charge in [-0.15, -0.1) is 0 Å². The third-order valence-electron chi connectivity index (χ3n) is 7.19. The Morgan fingerprint density at radius 2 is 1.72 bits per heavy atom. The van der Waals surface area contributed by atoms with Gasteiger partial charge in [-0.2, -0.15) is 0 Å². The molecule has 0 aromatic rings. The van der Waals surface area contributed by atoms with Gasteiger partial charge >= 0.3 is 12.1 Å². The summed E-state index contributed by atoms with van der Waals surface area (Å²) in [5, 5.41) is 0. The van der Waals surface area contributed by atoms with Gasteiger partial charge in [0.25, 0.3) is 0 Å². The minimum absolute atomic E-state index is 0.140. The molecule has 9 nitrogen and oxygen atoms in total. The van der Waals surface area contributed by atoms with E-state index in [1.807, 2.05) is 0 Å². The van der Waals surface area contributed by atoms with Crippen molar-refractivity contribution in [1.82, 2.24) is 24.5 Å². The number of amides is 1. The summed E-state index contributed by atoms with van der Waals surface area (Å²) in [7, 11) is 3.25. The third-order valence-corrected chi connectivity index (χ3v) is 7.19. The van der Waals surface area contributed by atoms with Crippen molar-refractivity contribution in [2.75, 3.05) is 79.6 Å². The van der Waals surface area contributed by atoms with Gasteiger partial charge in [-0.05, 0) is 46.2 Å². The van der Waals surface area contributed by atoms with Gasteiger partial charge in [-0.3, -0.25) is 14.6 Å². The van der Waals surface area contributed by atoms with Crippen LogP contribution in [-0.2, 0) is 14.3 Å². The van der Waals surface area contributed by atoms with Gasteiger partial charge < -0.3 is 24.2 Å². The number of carbonyl (C=O) groups excluding carboxylic acids is 2. The molecule has 9 heteroatoms. The Bertz CT molecular complexity index is 611. The van der Waals surface area contributed by atoms with Crippen LogP contribution in [0.4, 0.5) is 4.79 Å². The van der Waals surface area contributed by atoms with Crippen molar-refractivity contribution >= 4 is 12.1 Å². The van der Waals surface area contributed by atoms with E-state index in [2.05, 4.69) is 33.4 Å². The minimum atomic E-state index is -0.225. The quantitative estimate of drug-likeness (QED) is 0.456. The lowest BCUT2D eigenvalue weighted by molar-refractivity contribution is -0.140. The van der Waals surface area contributed by atoms with Crippen LogP contribution < -0.4 is 0 Å². The van der Waals surface area contributed by atoms with Gasteiger partial charge in [0.15, 0.2) is 6.23 Å². The maximum absolute atomic E-state index is 11.9. The molecular weight excluding hydrogens is 410 g/mol. The summed E-state index contributed by atoms with van der Waals surface area (Å²) < 4.78 is 10.4. The van der Waals surface area contributed by atoms with Crippen molar-refractivity contribution in [3.63, 3.8) is 0 Å². The summed E-state index contributed by atoms with van der Waals surface area (Å²) in [5.74, 6) is -0.140. The second kappa shape index (κ2) is 12.2. The van der Waals surface area contributed by atoms with Crippen molar-refractivity contribution in [2.45, 2.75) is 57.8 Å². The van der Waals surface area contributed by atoms with Gasteiger partial charge in [-0.25, -0.2) is 4.79 Å². The number of hydrogen-bond donors (Lipinski definition) is 0. The molecule has 0 aromatic heterocycles. The third kappa shape index (κ3) is 7.04. The summed E-state index contributed by atoms with van der Waals surface area (Å²) in [6.45, 7) is 14.6. The number of cyclic esters (lactones) is 1. The predicted molar refractivity (Wildman–Crippen MR) is 123 cm³/mol. The first-order chi connectivity index (χ1) is 15.4. The van der Waals surface area contributed by atoms with E-state index in [0.29, 0.717) is 25.0 Å². The van der Waals surface area contributed by atoms with E-state index in [4.69, 9.17) is 9.47 Å². The monoisotopic (exact) mass is 453 g/mol. The zero-order valence-electron chi connectivity index (χ0n) is 20.5. The standard InChI is InChI=1S/C23H43N5O4/c1-19(2)27-14-11-25(12-15-27)9-5-7-20-17-26(10-6-8-22(29)31-4)13-16-28(20)21-18-24(3)23(30)32-21/h19-21H,5-18H2,1-4H3. The normalized spacial score (nSPS) is 26.7. The summed E-state index contributed by atoms with van der Waals surface area (Å²) >= 11 is 0. The van der Waals surface area contributed by atoms with Crippen LogP contribution in [0.1, 0.15) is 39.5 Å². The Kier molecular flexibility index (Phi) is 9.58. The number of methoxy groups -OCH3 is 1. The average Bonchev–Trinajstić information content (AvgIpc) is 3.12. The van der Waals surface area contributed by atoms with Gasteiger partial charge in [0, 0.05) is 71.4 Å². The van der Waals surface area contributed by atoms with Crippen molar-refractivity contribution in [3.05, 3.63) is 0 Å². The molecule has 3 fully saturated rings. The number of ether oxygens (including phenoxy) is 2. The summed E-state index contributed by atoms with van der Waals surface area (Å²) in [6.07, 6.45) is 3.15. The number of likely N-dealkylation sites (N-methyl/N-ethyl adjacent to an activating group) is 1. The minimum Gasteiger partial charge on any atom is -0.469 e. The lowest BCUT2D eigenvalue weighted by Crippen LogP contribution is -2.57. The molecular formula is C23H43N5O4. The Hall–Kier alpha value is -1.42. The molecule has 3 rings (SSSR count). The van der Waals surface area contributed by atoms with E-state index in [1.54, 1.807) is 11.9 Å². The highest BCUT2D eigenvalue weighted by atomic mass is 16.6. The van der Waals surface area contributed by atoms with Crippen LogP contribution >= 0.6 is 0 Å². The van der Waals surface area contributed by atoms with Crippen LogP contribution in [0.3, 0.4) is 0 Å². The largest absolute Gasteiger partial charge is 0.469 e. The molecule has 0 aromatic carbocycles. The Morgan fingerprint density at radius 1 is 1.03 bits per heavy atom. The van der Waals surface area contributed by atoms with E-state index in [-0.39, 0.29) is 18.3 Å². The molecule has 3 heterocycles. The molecule has 1 amide bonds. The Labute approximate surface area is 193 Å². The summed E-state index contributed by atoms with van der Waals surface area (Å²) in [6, 6.07) is 0.994. The second-order valence-electron chi connectivity index (χ2n) is 9.70. The fourth-order valence-corrected chi connectivity index (χ4v) is 5.10.